The van der Waals surface area contributed by atoms with Crippen molar-refractivity contribution in [2.24, 2.45) is 0 Å². The van der Waals surface area contributed by atoms with Crippen molar-refractivity contribution in [1.82, 2.24) is 15.5 Å². The summed E-state index contributed by atoms with van der Waals surface area (Å²) in [6.07, 6.45) is 3.94. The van der Waals surface area contributed by atoms with Crippen LogP contribution in [0.15, 0.2) is 6.07 Å². The predicted octanol–water partition coefficient (Wildman–Crippen LogP) is 2.80. The third-order valence-corrected chi connectivity index (χ3v) is 4.78. The van der Waals surface area contributed by atoms with Crippen LogP contribution in [0.4, 0.5) is 15.4 Å². The summed E-state index contributed by atoms with van der Waals surface area (Å²) >= 11 is 0. The van der Waals surface area contributed by atoms with E-state index in [1.54, 1.807) is 6.07 Å². The SMILES string of the molecule is CC1(NC(=O)O[C@@H]2CC[C@H](c3cc(NC(=O)O)[nH]n3)C2)CCC1. The van der Waals surface area contributed by atoms with Gasteiger partial charge in [0.25, 0.3) is 0 Å². The number of nitrogens with zero attached hydrogens (tertiary/aromatic N) is 1. The number of ether oxygens (including phenoxy) is 1. The highest BCUT2D eigenvalue weighted by Gasteiger charge is 2.35. The Bertz CT molecular complexity index is 596. The quantitative estimate of drug-likeness (QED) is 0.680. The van der Waals surface area contributed by atoms with Crippen molar-refractivity contribution in [2.45, 2.75) is 63.0 Å². The van der Waals surface area contributed by atoms with Gasteiger partial charge in [-0.1, -0.05) is 0 Å². The van der Waals surface area contributed by atoms with Gasteiger partial charge in [0.1, 0.15) is 11.9 Å². The number of amides is 2. The van der Waals surface area contributed by atoms with E-state index in [2.05, 4.69) is 20.8 Å². The zero-order valence-corrected chi connectivity index (χ0v) is 13.1. The molecule has 3 rings (SSSR count). The topological polar surface area (TPSA) is 116 Å². The summed E-state index contributed by atoms with van der Waals surface area (Å²) in [5, 5.41) is 20.6. The number of carboxylic acid groups (broad SMARTS) is 1. The van der Waals surface area contributed by atoms with E-state index in [0.29, 0.717) is 12.2 Å². The van der Waals surface area contributed by atoms with Crippen molar-refractivity contribution >= 4 is 18.0 Å². The fourth-order valence-corrected chi connectivity index (χ4v) is 3.30. The first-order chi connectivity index (χ1) is 10.9. The lowest BCUT2D eigenvalue weighted by atomic mass is 9.79. The van der Waals surface area contributed by atoms with E-state index >= 15 is 0 Å². The van der Waals surface area contributed by atoms with E-state index in [0.717, 1.165) is 37.8 Å². The molecule has 0 saturated heterocycles. The van der Waals surface area contributed by atoms with Crippen LogP contribution in [0.1, 0.15) is 57.1 Å². The van der Waals surface area contributed by atoms with Gasteiger partial charge in [0, 0.05) is 17.5 Å². The lowest BCUT2D eigenvalue weighted by Gasteiger charge is -2.38. The number of carbonyl (C=O) groups excluding carboxylic acids is 1. The average Bonchev–Trinajstić information content (AvgIpc) is 3.05. The van der Waals surface area contributed by atoms with Crippen molar-refractivity contribution in [2.75, 3.05) is 5.32 Å². The summed E-state index contributed by atoms with van der Waals surface area (Å²) in [6, 6.07) is 1.69. The zero-order valence-electron chi connectivity index (χ0n) is 13.1. The largest absolute Gasteiger partial charge is 0.465 e. The van der Waals surface area contributed by atoms with E-state index < -0.39 is 6.09 Å². The highest BCUT2D eigenvalue weighted by atomic mass is 16.6. The number of H-pyrrole nitrogens is 1. The zero-order chi connectivity index (χ0) is 16.4. The molecule has 1 aromatic rings. The molecule has 126 valence electrons. The Morgan fingerprint density at radius 2 is 2.22 bits per heavy atom. The third-order valence-electron chi connectivity index (χ3n) is 4.78. The van der Waals surface area contributed by atoms with Gasteiger partial charge in [-0.3, -0.25) is 10.4 Å². The highest BCUT2D eigenvalue weighted by Crippen LogP contribution is 2.36. The second-order valence-electron chi connectivity index (χ2n) is 6.71. The van der Waals surface area contributed by atoms with Crippen LogP contribution < -0.4 is 10.6 Å². The van der Waals surface area contributed by atoms with Crippen molar-refractivity contribution in [3.63, 3.8) is 0 Å². The minimum atomic E-state index is -1.13. The molecule has 2 saturated carbocycles. The van der Waals surface area contributed by atoms with E-state index in [1.165, 1.54) is 0 Å². The van der Waals surface area contributed by atoms with Gasteiger partial charge in [0.05, 0.1) is 5.69 Å². The molecule has 2 aliphatic rings. The Labute approximate surface area is 134 Å². The van der Waals surface area contributed by atoms with Gasteiger partial charge in [-0.15, -0.1) is 0 Å². The molecule has 1 heterocycles. The van der Waals surface area contributed by atoms with E-state index in [9.17, 15) is 9.59 Å². The summed E-state index contributed by atoms with van der Waals surface area (Å²) in [6.45, 7) is 2.04. The minimum absolute atomic E-state index is 0.102. The first-order valence-electron chi connectivity index (χ1n) is 7.98. The molecule has 23 heavy (non-hydrogen) atoms. The second-order valence-corrected chi connectivity index (χ2v) is 6.71. The average molecular weight is 322 g/mol. The van der Waals surface area contributed by atoms with Crippen LogP contribution in [0.2, 0.25) is 0 Å². The van der Waals surface area contributed by atoms with Crippen LogP contribution in [0.3, 0.4) is 0 Å². The Hall–Kier alpha value is -2.25. The normalized spacial score (nSPS) is 25.4. The Balaban J connectivity index is 1.49. The molecule has 2 aliphatic carbocycles. The second kappa shape index (κ2) is 6.10. The van der Waals surface area contributed by atoms with E-state index in [4.69, 9.17) is 9.84 Å². The van der Waals surface area contributed by atoms with Gasteiger partial charge >= 0.3 is 12.2 Å². The van der Waals surface area contributed by atoms with Crippen LogP contribution >= 0.6 is 0 Å². The highest BCUT2D eigenvalue weighted by molar-refractivity contribution is 5.81. The molecule has 0 radical (unpaired) electrons. The molecule has 2 fully saturated rings. The third kappa shape index (κ3) is 3.75. The fraction of sp³-hybridized carbons (Fsp3) is 0.667. The predicted molar refractivity (Wildman–Crippen MR) is 82.5 cm³/mol. The van der Waals surface area contributed by atoms with Crippen LogP contribution in [0.5, 0.6) is 0 Å². The number of hydrogen-bond acceptors (Lipinski definition) is 4. The fourth-order valence-electron chi connectivity index (χ4n) is 3.30. The lowest BCUT2D eigenvalue weighted by molar-refractivity contribution is 0.0813. The molecule has 8 heteroatoms. The molecule has 0 bridgehead atoms. The summed E-state index contributed by atoms with van der Waals surface area (Å²) < 4.78 is 5.51. The van der Waals surface area contributed by atoms with Crippen LogP contribution in [-0.2, 0) is 4.74 Å². The maximum atomic E-state index is 11.9. The summed E-state index contributed by atoms with van der Waals surface area (Å²) in [5.41, 5.74) is 0.695. The van der Waals surface area contributed by atoms with Gasteiger partial charge in [-0.25, -0.2) is 9.59 Å². The molecule has 1 aromatic heterocycles. The molecule has 0 aliphatic heterocycles. The van der Waals surface area contributed by atoms with Gasteiger partial charge in [-0.05, 0) is 45.4 Å². The number of nitrogens with one attached hydrogen (secondary N) is 3. The Morgan fingerprint density at radius 1 is 1.43 bits per heavy atom. The van der Waals surface area contributed by atoms with Gasteiger partial charge < -0.3 is 15.2 Å². The van der Waals surface area contributed by atoms with E-state index in [-0.39, 0.29) is 23.7 Å². The summed E-state index contributed by atoms with van der Waals surface area (Å²) in [7, 11) is 0. The first-order valence-corrected chi connectivity index (χ1v) is 7.98. The maximum Gasteiger partial charge on any atom is 0.410 e. The molecule has 8 nitrogen and oxygen atoms in total. The molecular formula is C15H22N4O4. The molecule has 2 amide bonds. The molecule has 0 aromatic carbocycles. The smallest absolute Gasteiger partial charge is 0.410 e. The summed E-state index contributed by atoms with van der Waals surface area (Å²) in [4.78, 5) is 22.5. The summed E-state index contributed by atoms with van der Waals surface area (Å²) in [5.74, 6) is 0.528. The number of hydrogen-bond donors (Lipinski definition) is 4. The molecule has 0 spiro atoms. The number of rotatable bonds is 4. The van der Waals surface area contributed by atoms with Crippen molar-refractivity contribution in [1.29, 1.82) is 0 Å². The van der Waals surface area contributed by atoms with Gasteiger partial charge in [0.15, 0.2) is 0 Å². The maximum absolute atomic E-state index is 11.9. The minimum Gasteiger partial charge on any atom is -0.465 e. The van der Waals surface area contributed by atoms with Crippen molar-refractivity contribution < 1.29 is 19.4 Å². The Kier molecular flexibility index (Phi) is 4.14. The number of aromatic nitrogens is 2. The molecular weight excluding hydrogens is 300 g/mol. The van der Waals surface area contributed by atoms with Crippen LogP contribution in [0.25, 0.3) is 0 Å². The Morgan fingerprint density at radius 3 is 2.87 bits per heavy atom. The standard InChI is InChI=1S/C15H22N4O4/c1-15(5-2-6-15)17-14(22)23-10-4-3-9(7-10)11-8-12(19-18-11)16-13(20)21/h8-10H,2-7H2,1H3,(H,17,22)(H,20,21)(H2,16,18,19)/t9-,10+/m0/s1. The van der Waals surface area contributed by atoms with Crippen molar-refractivity contribution in [3.8, 4) is 0 Å². The molecule has 4 N–H and O–H groups in total. The van der Waals surface area contributed by atoms with E-state index in [1.807, 2.05) is 6.92 Å². The number of alkyl carbamates (subject to hydrolysis) is 1. The molecule has 2 atom stereocenters. The number of carbonyl (C=O) groups is 2. The van der Waals surface area contributed by atoms with Crippen LogP contribution in [-0.4, -0.2) is 39.1 Å². The van der Waals surface area contributed by atoms with Gasteiger partial charge in [0.2, 0.25) is 0 Å². The van der Waals surface area contributed by atoms with Crippen LogP contribution in [0, 0.1) is 0 Å². The lowest BCUT2D eigenvalue weighted by Crippen LogP contribution is -2.51. The first kappa shape index (κ1) is 15.6. The number of aromatic amines is 1. The monoisotopic (exact) mass is 322 g/mol. The number of anilines is 1. The van der Waals surface area contributed by atoms with Crippen molar-refractivity contribution in [3.05, 3.63) is 11.8 Å². The van der Waals surface area contributed by atoms with Gasteiger partial charge in [-0.2, -0.15) is 5.10 Å². The molecule has 0 unspecified atom stereocenters.